The highest BCUT2D eigenvalue weighted by molar-refractivity contribution is 6.13. The third kappa shape index (κ3) is 3.76. The number of halogens is 2. The summed E-state index contributed by atoms with van der Waals surface area (Å²) in [6.07, 6.45) is 0. The lowest BCUT2D eigenvalue weighted by atomic mass is 9.90. The van der Waals surface area contributed by atoms with E-state index in [-0.39, 0.29) is 12.2 Å². The molecular weight excluding hydrogens is 318 g/mol. The molecule has 6 heteroatoms. The van der Waals surface area contributed by atoms with Crippen LogP contribution in [0.4, 0.5) is 8.78 Å². The first-order valence-corrected chi connectivity index (χ1v) is 7.27. The van der Waals surface area contributed by atoms with E-state index in [0.29, 0.717) is 11.3 Å². The second kappa shape index (κ2) is 7.68. The predicted octanol–water partition coefficient (Wildman–Crippen LogP) is 3.50. The van der Waals surface area contributed by atoms with E-state index in [4.69, 9.17) is 9.47 Å². The quantitative estimate of drug-likeness (QED) is 0.461. The molecule has 0 N–H and O–H groups in total. The highest BCUT2D eigenvalue weighted by Gasteiger charge is 2.31. The zero-order valence-corrected chi connectivity index (χ0v) is 13.2. The molecule has 2 rings (SSSR count). The Hall–Kier alpha value is -2.76. The molecule has 2 aromatic carbocycles. The number of hydrogen-bond acceptors (Lipinski definition) is 4. The first-order chi connectivity index (χ1) is 11.5. The average Bonchev–Trinajstić information content (AvgIpc) is 2.58. The van der Waals surface area contributed by atoms with Crippen molar-refractivity contribution >= 4 is 11.8 Å². The summed E-state index contributed by atoms with van der Waals surface area (Å²) in [7, 11) is 1.49. The maximum absolute atomic E-state index is 13.4. The lowest BCUT2D eigenvalue weighted by Gasteiger charge is -2.15. The van der Waals surface area contributed by atoms with Crippen molar-refractivity contribution in [3.8, 4) is 5.75 Å². The predicted molar refractivity (Wildman–Crippen MR) is 83.1 cm³/mol. The molecule has 0 amide bonds. The SMILES string of the molecule is CCOC(=O)[C@H](C(=O)c1ccc(F)c(F)c1)c1ccc(OC)cc1. The van der Waals surface area contributed by atoms with Crippen LogP contribution in [0.1, 0.15) is 28.8 Å². The summed E-state index contributed by atoms with van der Waals surface area (Å²) < 4.78 is 36.4. The van der Waals surface area contributed by atoms with Gasteiger partial charge in [-0.1, -0.05) is 12.1 Å². The Morgan fingerprint density at radius 3 is 2.25 bits per heavy atom. The second-order valence-electron chi connectivity index (χ2n) is 4.95. The Morgan fingerprint density at radius 2 is 1.71 bits per heavy atom. The minimum atomic E-state index is -1.26. The molecular formula is C18H16F2O4. The standard InChI is InChI=1S/C18H16F2O4/c1-3-24-18(22)16(11-4-7-13(23-2)8-5-11)17(21)12-6-9-14(19)15(20)10-12/h4-10,16H,3H2,1-2H3/t16-/m0/s1. The normalized spacial score (nSPS) is 11.7. The number of carbonyl (C=O) groups excluding carboxylic acids is 2. The Kier molecular flexibility index (Phi) is 5.63. The molecule has 0 spiro atoms. The van der Waals surface area contributed by atoms with E-state index in [9.17, 15) is 18.4 Å². The molecule has 126 valence electrons. The molecule has 1 atom stereocenters. The van der Waals surface area contributed by atoms with Gasteiger partial charge in [0.15, 0.2) is 17.4 Å². The summed E-state index contributed by atoms with van der Waals surface area (Å²) in [5.74, 6) is -4.35. The van der Waals surface area contributed by atoms with E-state index in [2.05, 4.69) is 0 Å². The van der Waals surface area contributed by atoms with Crippen molar-refractivity contribution in [2.75, 3.05) is 13.7 Å². The molecule has 0 radical (unpaired) electrons. The third-order valence-corrected chi connectivity index (χ3v) is 3.44. The van der Waals surface area contributed by atoms with Gasteiger partial charge in [0.05, 0.1) is 13.7 Å². The molecule has 0 heterocycles. The van der Waals surface area contributed by atoms with Gasteiger partial charge in [0.25, 0.3) is 0 Å². The van der Waals surface area contributed by atoms with Crippen molar-refractivity contribution in [2.45, 2.75) is 12.8 Å². The van der Waals surface area contributed by atoms with Crippen LogP contribution in [-0.2, 0) is 9.53 Å². The second-order valence-corrected chi connectivity index (χ2v) is 4.95. The van der Waals surface area contributed by atoms with Crippen molar-refractivity contribution in [3.63, 3.8) is 0 Å². The molecule has 0 fully saturated rings. The van der Waals surface area contributed by atoms with Gasteiger partial charge in [-0.05, 0) is 42.8 Å². The van der Waals surface area contributed by atoms with Crippen molar-refractivity contribution in [3.05, 3.63) is 65.2 Å². The maximum Gasteiger partial charge on any atom is 0.321 e. The van der Waals surface area contributed by atoms with E-state index in [1.165, 1.54) is 7.11 Å². The summed E-state index contributed by atoms with van der Waals surface area (Å²) in [4.78, 5) is 24.9. The first-order valence-electron chi connectivity index (χ1n) is 7.27. The van der Waals surface area contributed by atoms with Crippen LogP contribution < -0.4 is 4.74 Å². The number of methoxy groups -OCH3 is 1. The van der Waals surface area contributed by atoms with Crippen LogP contribution in [0.5, 0.6) is 5.75 Å². The summed E-state index contributed by atoms with van der Waals surface area (Å²) in [5.41, 5.74) is 0.270. The number of hydrogen-bond donors (Lipinski definition) is 0. The van der Waals surface area contributed by atoms with Gasteiger partial charge in [-0.3, -0.25) is 9.59 Å². The van der Waals surface area contributed by atoms with Crippen molar-refractivity contribution in [2.24, 2.45) is 0 Å². The smallest absolute Gasteiger partial charge is 0.321 e. The minimum absolute atomic E-state index is 0.0938. The van der Waals surface area contributed by atoms with E-state index in [1.807, 2.05) is 0 Å². The molecule has 0 aliphatic carbocycles. The Balaban J connectivity index is 2.42. The van der Waals surface area contributed by atoms with Crippen LogP contribution in [0, 0.1) is 11.6 Å². The monoisotopic (exact) mass is 334 g/mol. The van der Waals surface area contributed by atoms with E-state index in [0.717, 1.165) is 18.2 Å². The summed E-state index contributed by atoms with van der Waals surface area (Å²) in [6, 6.07) is 9.05. The lowest BCUT2D eigenvalue weighted by Crippen LogP contribution is -2.24. The lowest BCUT2D eigenvalue weighted by molar-refractivity contribution is -0.143. The summed E-state index contributed by atoms with van der Waals surface area (Å²) >= 11 is 0. The molecule has 0 saturated carbocycles. The van der Waals surface area contributed by atoms with Crippen LogP contribution in [0.3, 0.4) is 0 Å². The number of Topliss-reactive ketones (excluding diaryl/α,β-unsaturated/α-hetero) is 1. The van der Waals surface area contributed by atoms with Crippen molar-refractivity contribution in [1.29, 1.82) is 0 Å². The largest absolute Gasteiger partial charge is 0.497 e. The fourth-order valence-electron chi connectivity index (χ4n) is 2.23. The molecule has 0 aliphatic rings. The van der Waals surface area contributed by atoms with Crippen LogP contribution in [-0.4, -0.2) is 25.5 Å². The number of benzene rings is 2. The molecule has 24 heavy (non-hydrogen) atoms. The highest BCUT2D eigenvalue weighted by atomic mass is 19.2. The van der Waals surface area contributed by atoms with Crippen LogP contribution in [0.15, 0.2) is 42.5 Å². The number of esters is 1. The van der Waals surface area contributed by atoms with Gasteiger partial charge < -0.3 is 9.47 Å². The number of carbonyl (C=O) groups is 2. The van der Waals surface area contributed by atoms with Crippen LogP contribution >= 0.6 is 0 Å². The third-order valence-electron chi connectivity index (χ3n) is 3.44. The van der Waals surface area contributed by atoms with Gasteiger partial charge in [-0.2, -0.15) is 0 Å². The zero-order valence-electron chi connectivity index (χ0n) is 13.2. The minimum Gasteiger partial charge on any atom is -0.497 e. The molecule has 0 aromatic heterocycles. The molecule has 0 aliphatic heterocycles. The Labute approximate surface area is 138 Å². The van der Waals surface area contributed by atoms with Crippen LogP contribution in [0.25, 0.3) is 0 Å². The summed E-state index contributed by atoms with van der Waals surface area (Å²) in [6.45, 7) is 1.71. The zero-order chi connectivity index (χ0) is 17.7. The fraction of sp³-hybridized carbons (Fsp3) is 0.222. The highest BCUT2D eigenvalue weighted by Crippen LogP contribution is 2.25. The number of ketones is 1. The van der Waals surface area contributed by atoms with E-state index >= 15 is 0 Å². The van der Waals surface area contributed by atoms with Crippen molar-refractivity contribution < 1.29 is 27.8 Å². The molecule has 0 saturated heterocycles. The fourth-order valence-corrected chi connectivity index (χ4v) is 2.23. The van der Waals surface area contributed by atoms with Gasteiger partial charge in [-0.25, -0.2) is 8.78 Å². The van der Waals surface area contributed by atoms with Crippen LogP contribution in [0.2, 0.25) is 0 Å². The first kappa shape index (κ1) is 17.6. The molecule has 0 unspecified atom stereocenters. The molecule has 4 nitrogen and oxygen atoms in total. The van der Waals surface area contributed by atoms with Gasteiger partial charge in [0, 0.05) is 5.56 Å². The Morgan fingerprint density at radius 1 is 1.04 bits per heavy atom. The van der Waals surface area contributed by atoms with Gasteiger partial charge in [-0.15, -0.1) is 0 Å². The molecule has 0 bridgehead atoms. The number of ether oxygens (including phenoxy) is 2. The van der Waals surface area contributed by atoms with E-state index < -0.39 is 29.3 Å². The topological polar surface area (TPSA) is 52.6 Å². The number of rotatable bonds is 6. The van der Waals surface area contributed by atoms with Gasteiger partial charge in [0.2, 0.25) is 0 Å². The van der Waals surface area contributed by atoms with E-state index in [1.54, 1.807) is 31.2 Å². The maximum atomic E-state index is 13.4. The summed E-state index contributed by atoms with van der Waals surface area (Å²) in [5, 5.41) is 0. The van der Waals surface area contributed by atoms with Crippen molar-refractivity contribution in [1.82, 2.24) is 0 Å². The van der Waals surface area contributed by atoms with Gasteiger partial charge >= 0.3 is 5.97 Å². The Bertz CT molecular complexity index is 741. The van der Waals surface area contributed by atoms with Gasteiger partial charge in [0.1, 0.15) is 11.7 Å². The molecule has 2 aromatic rings. The average molecular weight is 334 g/mol.